The van der Waals surface area contributed by atoms with Crippen molar-refractivity contribution in [3.8, 4) is 0 Å². The highest BCUT2D eigenvalue weighted by Gasteiger charge is 2.18. The van der Waals surface area contributed by atoms with Crippen molar-refractivity contribution >= 4 is 17.2 Å². The van der Waals surface area contributed by atoms with Crippen LogP contribution >= 0.6 is 0 Å². The van der Waals surface area contributed by atoms with E-state index in [1.807, 2.05) is 24.3 Å². The Hall–Kier alpha value is -2.35. The predicted octanol–water partition coefficient (Wildman–Crippen LogP) is 3.90. The highest BCUT2D eigenvalue weighted by molar-refractivity contribution is 5.85. The first-order valence-corrected chi connectivity index (χ1v) is 6.84. The number of hydrogen-bond acceptors (Lipinski definition) is 1. The molecule has 0 N–H and O–H groups in total. The minimum atomic E-state index is 0.125. The monoisotopic (exact) mass is 263 g/mol. The Morgan fingerprint density at radius 2 is 1.75 bits per heavy atom. The molecular weight excluding hydrogens is 246 g/mol. The standard InChI is InChI=1S/C18H17NO/c1-19-13-17(16-9-5-6-10-18(16)19)15(11-12-20)14-7-3-2-4-8-14/h2-10,12-13,15H,11H2,1H3/t15-/m0/s1. The SMILES string of the molecule is Cn1cc([C@@H](CC=O)c2ccccc2)c2ccccc21. The molecule has 0 spiro atoms. The van der Waals surface area contributed by atoms with Crippen LogP contribution in [0.15, 0.2) is 60.8 Å². The third-order valence-electron chi connectivity index (χ3n) is 3.84. The molecule has 0 bridgehead atoms. The van der Waals surface area contributed by atoms with Gasteiger partial charge in [-0.05, 0) is 17.2 Å². The number of benzene rings is 2. The van der Waals surface area contributed by atoms with Gasteiger partial charge >= 0.3 is 0 Å². The molecule has 0 aliphatic carbocycles. The van der Waals surface area contributed by atoms with Crippen LogP contribution in [0, 0.1) is 0 Å². The molecule has 0 saturated carbocycles. The number of carbonyl (C=O) groups excluding carboxylic acids is 1. The Balaban J connectivity index is 2.17. The molecule has 1 heterocycles. The average Bonchev–Trinajstić information content (AvgIpc) is 2.83. The fraction of sp³-hybridized carbons (Fsp3) is 0.167. The lowest BCUT2D eigenvalue weighted by molar-refractivity contribution is -0.108. The van der Waals surface area contributed by atoms with Gasteiger partial charge in [0, 0.05) is 36.5 Å². The molecule has 0 saturated heterocycles. The number of aromatic nitrogens is 1. The molecule has 100 valence electrons. The molecule has 0 aliphatic heterocycles. The van der Waals surface area contributed by atoms with E-state index >= 15 is 0 Å². The second-order valence-electron chi connectivity index (χ2n) is 5.08. The highest BCUT2D eigenvalue weighted by Crippen LogP contribution is 2.33. The third kappa shape index (κ3) is 2.14. The fourth-order valence-electron chi connectivity index (χ4n) is 2.87. The van der Waals surface area contributed by atoms with Gasteiger partial charge in [0.25, 0.3) is 0 Å². The van der Waals surface area contributed by atoms with Gasteiger partial charge in [-0.15, -0.1) is 0 Å². The lowest BCUT2D eigenvalue weighted by atomic mass is 9.89. The molecule has 20 heavy (non-hydrogen) atoms. The summed E-state index contributed by atoms with van der Waals surface area (Å²) in [4.78, 5) is 11.1. The molecule has 0 fully saturated rings. The molecule has 0 aliphatic rings. The Bertz CT molecular complexity index is 728. The molecule has 0 unspecified atom stereocenters. The summed E-state index contributed by atoms with van der Waals surface area (Å²) >= 11 is 0. The van der Waals surface area contributed by atoms with Gasteiger partial charge in [0.1, 0.15) is 6.29 Å². The molecule has 2 heteroatoms. The van der Waals surface area contributed by atoms with Crippen molar-refractivity contribution in [1.82, 2.24) is 4.57 Å². The van der Waals surface area contributed by atoms with E-state index in [2.05, 4.69) is 48.1 Å². The number of aryl methyl sites for hydroxylation is 1. The van der Waals surface area contributed by atoms with Crippen LogP contribution in [0.5, 0.6) is 0 Å². The molecule has 1 atom stereocenters. The first-order valence-electron chi connectivity index (χ1n) is 6.84. The van der Waals surface area contributed by atoms with Gasteiger partial charge in [-0.3, -0.25) is 0 Å². The van der Waals surface area contributed by atoms with Gasteiger partial charge in [-0.2, -0.15) is 0 Å². The van der Waals surface area contributed by atoms with E-state index in [-0.39, 0.29) is 5.92 Å². The van der Waals surface area contributed by atoms with Crippen LogP contribution in [0.25, 0.3) is 10.9 Å². The van der Waals surface area contributed by atoms with E-state index in [1.165, 1.54) is 22.0 Å². The average molecular weight is 263 g/mol. The molecule has 3 aromatic rings. The summed E-state index contributed by atoms with van der Waals surface area (Å²) in [5, 5.41) is 1.23. The van der Waals surface area contributed by atoms with Crippen molar-refractivity contribution in [1.29, 1.82) is 0 Å². The summed E-state index contributed by atoms with van der Waals surface area (Å²) in [5.41, 5.74) is 3.62. The highest BCUT2D eigenvalue weighted by atomic mass is 16.1. The van der Waals surface area contributed by atoms with E-state index < -0.39 is 0 Å². The fourth-order valence-corrected chi connectivity index (χ4v) is 2.87. The van der Waals surface area contributed by atoms with Crippen molar-refractivity contribution in [2.45, 2.75) is 12.3 Å². The molecule has 0 radical (unpaired) electrons. The molecule has 2 nitrogen and oxygen atoms in total. The predicted molar refractivity (Wildman–Crippen MR) is 81.9 cm³/mol. The van der Waals surface area contributed by atoms with Gasteiger partial charge < -0.3 is 9.36 Å². The molecule has 3 rings (SSSR count). The number of fused-ring (bicyclic) bond motifs is 1. The Morgan fingerprint density at radius 3 is 2.50 bits per heavy atom. The Labute approximate surface area is 118 Å². The number of nitrogens with zero attached hydrogens (tertiary/aromatic N) is 1. The van der Waals surface area contributed by atoms with Gasteiger partial charge in [0.2, 0.25) is 0 Å². The first-order chi connectivity index (χ1) is 9.81. The van der Waals surface area contributed by atoms with Gasteiger partial charge in [-0.1, -0.05) is 48.5 Å². The van der Waals surface area contributed by atoms with Crippen molar-refractivity contribution in [2.24, 2.45) is 7.05 Å². The second-order valence-corrected chi connectivity index (χ2v) is 5.08. The van der Waals surface area contributed by atoms with Crippen LogP contribution in [-0.2, 0) is 11.8 Å². The van der Waals surface area contributed by atoms with Gasteiger partial charge in [0.15, 0.2) is 0 Å². The number of para-hydroxylation sites is 1. The minimum absolute atomic E-state index is 0.125. The van der Waals surface area contributed by atoms with E-state index in [1.54, 1.807) is 0 Å². The summed E-state index contributed by atoms with van der Waals surface area (Å²) in [6.07, 6.45) is 3.67. The summed E-state index contributed by atoms with van der Waals surface area (Å²) in [6.45, 7) is 0. The number of aldehydes is 1. The Kier molecular flexibility index (Phi) is 3.38. The molecule has 2 aromatic carbocycles. The lowest BCUT2D eigenvalue weighted by Gasteiger charge is -2.14. The summed E-state index contributed by atoms with van der Waals surface area (Å²) < 4.78 is 2.13. The third-order valence-corrected chi connectivity index (χ3v) is 3.84. The van der Waals surface area contributed by atoms with Crippen molar-refractivity contribution in [3.63, 3.8) is 0 Å². The van der Waals surface area contributed by atoms with Crippen molar-refractivity contribution in [2.75, 3.05) is 0 Å². The van der Waals surface area contributed by atoms with E-state index in [0.29, 0.717) is 6.42 Å². The van der Waals surface area contributed by atoms with Crippen molar-refractivity contribution in [3.05, 3.63) is 71.9 Å². The molecule has 1 aromatic heterocycles. The smallest absolute Gasteiger partial charge is 0.120 e. The molecule has 0 amide bonds. The number of carbonyl (C=O) groups is 1. The van der Waals surface area contributed by atoms with E-state index in [0.717, 1.165) is 6.29 Å². The topological polar surface area (TPSA) is 22.0 Å². The summed E-state index contributed by atoms with van der Waals surface area (Å²) in [6, 6.07) is 18.6. The van der Waals surface area contributed by atoms with E-state index in [9.17, 15) is 4.79 Å². The van der Waals surface area contributed by atoms with Crippen LogP contribution in [-0.4, -0.2) is 10.9 Å². The van der Waals surface area contributed by atoms with Gasteiger partial charge in [-0.25, -0.2) is 0 Å². The quantitative estimate of drug-likeness (QED) is 0.654. The minimum Gasteiger partial charge on any atom is -0.350 e. The Morgan fingerprint density at radius 1 is 1.05 bits per heavy atom. The van der Waals surface area contributed by atoms with Crippen molar-refractivity contribution < 1.29 is 4.79 Å². The van der Waals surface area contributed by atoms with Crippen LogP contribution in [0.4, 0.5) is 0 Å². The van der Waals surface area contributed by atoms with Crippen LogP contribution in [0.2, 0.25) is 0 Å². The maximum absolute atomic E-state index is 11.1. The zero-order chi connectivity index (χ0) is 13.9. The van der Waals surface area contributed by atoms with E-state index in [4.69, 9.17) is 0 Å². The molecular formula is C18H17NO. The van der Waals surface area contributed by atoms with Crippen LogP contribution in [0.3, 0.4) is 0 Å². The van der Waals surface area contributed by atoms with Crippen LogP contribution < -0.4 is 0 Å². The normalized spacial score (nSPS) is 12.4. The second kappa shape index (κ2) is 5.33. The van der Waals surface area contributed by atoms with Crippen LogP contribution in [0.1, 0.15) is 23.5 Å². The number of rotatable bonds is 4. The zero-order valence-electron chi connectivity index (χ0n) is 11.5. The summed E-state index contributed by atoms with van der Waals surface area (Å²) in [7, 11) is 2.05. The largest absolute Gasteiger partial charge is 0.350 e. The lowest BCUT2D eigenvalue weighted by Crippen LogP contribution is -2.01. The van der Waals surface area contributed by atoms with Gasteiger partial charge in [0.05, 0.1) is 0 Å². The maximum Gasteiger partial charge on any atom is 0.120 e. The zero-order valence-corrected chi connectivity index (χ0v) is 11.5. The first kappa shape index (κ1) is 12.7. The number of hydrogen-bond donors (Lipinski definition) is 0. The summed E-state index contributed by atoms with van der Waals surface area (Å²) in [5.74, 6) is 0.125. The maximum atomic E-state index is 11.1.